The van der Waals surface area contributed by atoms with Crippen molar-refractivity contribution in [2.75, 3.05) is 26.2 Å². The fourth-order valence-corrected chi connectivity index (χ4v) is 3.22. The first-order chi connectivity index (χ1) is 12.6. The first-order valence-electron chi connectivity index (χ1n) is 8.86. The van der Waals surface area contributed by atoms with Crippen LogP contribution in [0.15, 0.2) is 42.5 Å². The zero-order chi connectivity index (χ0) is 18.1. The highest BCUT2D eigenvalue weighted by Gasteiger charge is 2.17. The summed E-state index contributed by atoms with van der Waals surface area (Å²) >= 11 is 0. The van der Waals surface area contributed by atoms with Gasteiger partial charge >= 0.3 is 0 Å². The van der Waals surface area contributed by atoms with E-state index in [4.69, 9.17) is 10.5 Å². The minimum Gasteiger partial charge on any atom is -0.492 e. The van der Waals surface area contributed by atoms with Gasteiger partial charge in [-0.3, -0.25) is 9.69 Å². The lowest BCUT2D eigenvalue weighted by atomic mass is 10.2. The summed E-state index contributed by atoms with van der Waals surface area (Å²) < 4.78 is 7.61. The molecule has 26 heavy (non-hydrogen) atoms. The van der Waals surface area contributed by atoms with E-state index in [0.717, 1.165) is 42.2 Å². The number of benzene rings is 2. The lowest BCUT2D eigenvalue weighted by Crippen LogP contribution is -2.39. The topological polar surface area (TPSA) is 73.4 Å². The summed E-state index contributed by atoms with van der Waals surface area (Å²) in [6.07, 6.45) is 1.27. The third-order valence-corrected chi connectivity index (χ3v) is 4.76. The van der Waals surface area contributed by atoms with Gasteiger partial charge in [-0.25, -0.2) is 4.68 Å². The Hall–Kier alpha value is -2.86. The van der Waals surface area contributed by atoms with Crippen LogP contribution in [0.1, 0.15) is 22.5 Å². The van der Waals surface area contributed by atoms with E-state index < -0.39 is 5.91 Å². The van der Waals surface area contributed by atoms with Gasteiger partial charge in [0.2, 0.25) is 0 Å². The quantitative estimate of drug-likeness (QED) is 0.741. The highest BCUT2D eigenvalue weighted by molar-refractivity contribution is 6.04. The molecule has 6 nitrogen and oxygen atoms in total. The molecular formula is C20H22N4O2. The molecule has 0 atom stereocenters. The molecule has 0 bridgehead atoms. The molecule has 6 heteroatoms. The minimum atomic E-state index is -0.542. The number of aromatic nitrogens is 2. The summed E-state index contributed by atoms with van der Waals surface area (Å²) in [4.78, 5) is 14.2. The normalized spacial score (nSPS) is 14.3. The number of likely N-dealkylation sites (tertiary alicyclic amines) is 1. The Kier molecular flexibility index (Phi) is 4.34. The average molecular weight is 350 g/mol. The van der Waals surface area contributed by atoms with Crippen molar-refractivity contribution in [2.24, 2.45) is 5.73 Å². The molecule has 1 fully saturated rings. The molecule has 0 unspecified atom stereocenters. The predicted molar refractivity (Wildman–Crippen MR) is 101 cm³/mol. The largest absolute Gasteiger partial charge is 0.492 e. The zero-order valence-electron chi connectivity index (χ0n) is 14.8. The van der Waals surface area contributed by atoms with Gasteiger partial charge in [0.05, 0.1) is 11.2 Å². The van der Waals surface area contributed by atoms with Crippen molar-refractivity contribution < 1.29 is 9.53 Å². The van der Waals surface area contributed by atoms with Crippen molar-refractivity contribution in [3.05, 3.63) is 53.7 Å². The van der Waals surface area contributed by atoms with Crippen molar-refractivity contribution >= 4 is 16.8 Å². The van der Waals surface area contributed by atoms with Crippen LogP contribution in [0.2, 0.25) is 0 Å². The van der Waals surface area contributed by atoms with Gasteiger partial charge in [-0.1, -0.05) is 12.1 Å². The zero-order valence-corrected chi connectivity index (χ0v) is 14.8. The van der Waals surface area contributed by atoms with Crippen LogP contribution in [-0.4, -0.2) is 46.8 Å². The molecule has 2 N–H and O–H groups in total. The standard InChI is InChI=1S/C20H22N4O2/c1-14-4-2-5-15(12-14)24-18-7-6-16(26-11-10-23-8-3-9-23)13-17(18)19(22-24)20(21)25/h2,4-7,12-13H,3,8-11H2,1H3,(H2,21,25). The van der Waals surface area contributed by atoms with E-state index in [1.807, 2.05) is 49.4 Å². The maximum atomic E-state index is 11.9. The molecule has 1 aliphatic rings. The van der Waals surface area contributed by atoms with E-state index in [1.165, 1.54) is 6.42 Å². The maximum Gasteiger partial charge on any atom is 0.269 e. The van der Waals surface area contributed by atoms with Crippen LogP contribution in [0, 0.1) is 6.92 Å². The van der Waals surface area contributed by atoms with Crippen LogP contribution in [0.5, 0.6) is 5.75 Å². The molecule has 0 saturated carbocycles. The Balaban J connectivity index is 1.67. The van der Waals surface area contributed by atoms with E-state index in [-0.39, 0.29) is 5.69 Å². The molecule has 1 amide bonds. The number of fused-ring (bicyclic) bond motifs is 1. The van der Waals surface area contributed by atoms with Gasteiger partial charge < -0.3 is 10.5 Å². The van der Waals surface area contributed by atoms with E-state index in [2.05, 4.69) is 10.00 Å². The molecule has 1 saturated heterocycles. The Bertz CT molecular complexity index is 960. The lowest BCUT2D eigenvalue weighted by molar-refractivity contribution is 0.0996. The van der Waals surface area contributed by atoms with Gasteiger partial charge in [-0.2, -0.15) is 5.10 Å². The molecule has 1 aromatic heterocycles. The number of carbonyl (C=O) groups excluding carboxylic acids is 1. The molecule has 0 aliphatic carbocycles. The monoisotopic (exact) mass is 350 g/mol. The van der Waals surface area contributed by atoms with E-state index >= 15 is 0 Å². The fraction of sp³-hybridized carbons (Fsp3) is 0.300. The van der Waals surface area contributed by atoms with Crippen molar-refractivity contribution in [1.29, 1.82) is 0 Å². The van der Waals surface area contributed by atoms with Crippen LogP contribution < -0.4 is 10.5 Å². The molecule has 3 aromatic rings. The number of carbonyl (C=O) groups is 1. The predicted octanol–water partition coefficient (Wildman–Crippen LogP) is 2.52. The molecule has 2 heterocycles. The molecular weight excluding hydrogens is 328 g/mol. The summed E-state index contributed by atoms with van der Waals surface area (Å²) in [7, 11) is 0. The number of aryl methyl sites for hydroxylation is 1. The first-order valence-corrected chi connectivity index (χ1v) is 8.86. The second-order valence-electron chi connectivity index (χ2n) is 6.69. The van der Waals surface area contributed by atoms with Gasteiger partial charge in [0.15, 0.2) is 5.69 Å². The van der Waals surface area contributed by atoms with Crippen LogP contribution in [0.3, 0.4) is 0 Å². The smallest absolute Gasteiger partial charge is 0.269 e. The molecule has 0 spiro atoms. The molecule has 2 aromatic carbocycles. The Labute approximate surface area is 152 Å². The summed E-state index contributed by atoms with van der Waals surface area (Å²) in [6, 6.07) is 13.7. The van der Waals surface area contributed by atoms with E-state index in [1.54, 1.807) is 4.68 Å². The molecule has 4 rings (SSSR count). The second kappa shape index (κ2) is 6.80. The van der Waals surface area contributed by atoms with Crippen molar-refractivity contribution in [3.63, 3.8) is 0 Å². The molecule has 0 radical (unpaired) electrons. The number of hydrogen-bond acceptors (Lipinski definition) is 4. The van der Waals surface area contributed by atoms with E-state index in [9.17, 15) is 4.79 Å². The third kappa shape index (κ3) is 3.15. The van der Waals surface area contributed by atoms with Crippen molar-refractivity contribution in [2.45, 2.75) is 13.3 Å². The highest BCUT2D eigenvalue weighted by atomic mass is 16.5. The lowest BCUT2D eigenvalue weighted by Gasteiger charge is -2.30. The van der Waals surface area contributed by atoms with Gasteiger partial charge in [0.1, 0.15) is 12.4 Å². The first kappa shape index (κ1) is 16.6. The van der Waals surface area contributed by atoms with E-state index in [0.29, 0.717) is 12.0 Å². The summed E-state index contributed by atoms with van der Waals surface area (Å²) in [6.45, 7) is 5.87. The highest BCUT2D eigenvalue weighted by Crippen LogP contribution is 2.27. The Morgan fingerprint density at radius 2 is 2.08 bits per heavy atom. The van der Waals surface area contributed by atoms with Gasteiger partial charge in [0.25, 0.3) is 5.91 Å². The van der Waals surface area contributed by atoms with Crippen LogP contribution in [0.4, 0.5) is 0 Å². The average Bonchev–Trinajstić information content (AvgIpc) is 2.96. The van der Waals surface area contributed by atoms with Gasteiger partial charge in [-0.15, -0.1) is 0 Å². The molecule has 1 aliphatic heterocycles. The van der Waals surface area contributed by atoms with Gasteiger partial charge in [0, 0.05) is 11.9 Å². The SMILES string of the molecule is Cc1cccc(-n2nc(C(N)=O)c3cc(OCCN4CCC4)ccc32)c1. The number of nitrogens with two attached hydrogens (primary N) is 1. The number of nitrogens with zero attached hydrogens (tertiary/aromatic N) is 3. The summed E-state index contributed by atoms with van der Waals surface area (Å²) in [5.74, 6) is 0.184. The summed E-state index contributed by atoms with van der Waals surface area (Å²) in [5, 5.41) is 5.16. The minimum absolute atomic E-state index is 0.259. The fourth-order valence-electron chi connectivity index (χ4n) is 3.22. The van der Waals surface area contributed by atoms with Crippen LogP contribution in [-0.2, 0) is 0 Å². The number of primary amides is 1. The van der Waals surface area contributed by atoms with Gasteiger partial charge in [-0.05, 0) is 62.3 Å². The van der Waals surface area contributed by atoms with Crippen molar-refractivity contribution in [1.82, 2.24) is 14.7 Å². The van der Waals surface area contributed by atoms with Crippen molar-refractivity contribution in [3.8, 4) is 11.4 Å². The number of amides is 1. The Morgan fingerprint density at radius 1 is 1.23 bits per heavy atom. The third-order valence-electron chi connectivity index (χ3n) is 4.76. The molecule has 134 valence electrons. The maximum absolute atomic E-state index is 11.9. The Morgan fingerprint density at radius 3 is 2.77 bits per heavy atom. The second-order valence-corrected chi connectivity index (χ2v) is 6.69. The number of ether oxygens (including phenoxy) is 1. The van der Waals surface area contributed by atoms with Crippen LogP contribution >= 0.6 is 0 Å². The number of rotatable bonds is 6. The number of hydrogen-bond donors (Lipinski definition) is 1. The summed E-state index contributed by atoms with van der Waals surface area (Å²) in [5.41, 5.74) is 8.67. The van der Waals surface area contributed by atoms with Crippen LogP contribution in [0.25, 0.3) is 16.6 Å².